The topological polar surface area (TPSA) is 80.4 Å². The lowest BCUT2D eigenvalue weighted by Gasteiger charge is -2.34. The minimum Gasteiger partial charge on any atom is -0.461 e. The molecule has 2 heterocycles. The van der Waals surface area contributed by atoms with Crippen LogP contribution in [0.5, 0.6) is 6.01 Å². The van der Waals surface area contributed by atoms with Gasteiger partial charge in [-0.25, -0.2) is 0 Å². The zero-order chi connectivity index (χ0) is 14.1. The molecule has 1 saturated heterocycles. The highest BCUT2D eigenvalue weighted by molar-refractivity contribution is 5.36. The first-order valence-corrected chi connectivity index (χ1v) is 7.29. The monoisotopic (exact) mass is 278 g/mol. The van der Waals surface area contributed by atoms with E-state index in [1.807, 2.05) is 13.8 Å². The Balaban J connectivity index is 1.68. The van der Waals surface area contributed by atoms with Crippen LogP contribution < -0.4 is 15.4 Å². The third kappa shape index (κ3) is 3.09. The lowest BCUT2D eigenvalue weighted by atomic mass is 10.3. The van der Waals surface area contributed by atoms with Crippen molar-refractivity contribution in [2.45, 2.75) is 38.8 Å². The number of piperazine rings is 1. The maximum Gasteiger partial charge on any atom is 0.323 e. The molecule has 0 atom stereocenters. The van der Waals surface area contributed by atoms with Crippen LogP contribution in [-0.4, -0.2) is 58.2 Å². The normalized spacial score (nSPS) is 20.4. The van der Waals surface area contributed by atoms with Crippen molar-refractivity contribution in [3.63, 3.8) is 0 Å². The molecule has 0 unspecified atom stereocenters. The summed E-state index contributed by atoms with van der Waals surface area (Å²) in [6.07, 6.45) is 2.73. The number of hydrogen-bond acceptors (Lipinski definition) is 7. The van der Waals surface area contributed by atoms with E-state index in [-0.39, 0.29) is 12.1 Å². The fourth-order valence-electron chi connectivity index (χ4n) is 2.49. The smallest absolute Gasteiger partial charge is 0.323 e. The van der Waals surface area contributed by atoms with Crippen molar-refractivity contribution in [3.8, 4) is 6.01 Å². The second-order valence-corrected chi connectivity index (χ2v) is 5.70. The van der Waals surface area contributed by atoms with Crippen molar-refractivity contribution in [2.24, 2.45) is 0 Å². The van der Waals surface area contributed by atoms with Crippen LogP contribution in [0.2, 0.25) is 0 Å². The van der Waals surface area contributed by atoms with Gasteiger partial charge in [-0.2, -0.15) is 15.0 Å². The first kappa shape index (κ1) is 13.4. The largest absolute Gasteiger partial charge is 0.461 e. The van der Waals surface area contributed by atoms with Gasteiger partial charge in [-0.1, -0.05) is 0 Å². The number of nitrogens with zero attached hydrogens (tertiary/aromatic N) is 5. The van der Waals surface area contributed by atoms with Crippen molar-refractivity contribution in [1.82, 2.24) is 19.9 Å². The Hall–Kier alpha value is -1.63. The Kier molecular flexibility index (Phi) is 3.60. The summed E-state index contributed by atoms with van der Waals surface area (Å²) in [5.74, 6) is 0.846. The summed E-state index contributed by atoms with van der Waals surface area (Å²) < 4.78 is 5.52. The van der Waals surface area contributed by atoms with Crippen LogP contribution in [0.1, 0.15) is 26.7 Å². The van der Waals surface area contributed by atoms with E-state index >= 15 is 0 Å². The molecule has 7 heteroatoms. The number of rotatable bonds is 4. The summed E-state index contributed by atoms with van der Waals surface area (Å²) in [5, 5.41) is 0. The molecule has 0 amide bonds. The van der Waals surface area contributed by atoms with Gasteiger partial charge in [0.25, 0.3) is 0 Å². The Morgan fingerprint density at radius 3 is 2.40 bits per heavy atom. The van der Waals surface area contributed by atoms with E-state index in [2.05, 4.69) is 24.8 Å². The van der Waals surface area contributed by atoms with Gasteiger partial charge in [0.15, 0.2) is 0 Å². The van der Waals surface area contributed by atoms with Crippen molar-refractivity contribution in [1.29, 1.82) is 0 Å². The highest BCUT2D eigenvalue weighted by atomic mass is 16.5. The molecular formula is C13H22N6O. The summed E-state index contributed by atoms with van der Waals surface area (Å²) in [6, 6.07) is 1.13. The Morgan fingerprint density at radius 2 is 1.80 bits per heavy atom. The van der Waals surface area contributed by atoms with Gasteiger partial charge in [0.2, 0.25) is 11.9 Å². The van der Waals surface area contributed by atoms with E-state index in [1.54, 1.807) is 0 Å². The van der Waals surface area contributed by atoms with E-state index < -0.39 is 0 Å². The lowest BCUT2D eigenvalue weighted by molar-refractivity contribution is 0.220. The van der Waals surface area contributed by atoms with Crippen molar-refractivity contribution in [2.75, 3.05) is 36.8 Å². The van der Waals surface area contributed by atoms with Gasteiger partial charge in [0.1, 0.15) is 0 Å². The van der Waals surface area contributed by atoms with Gasteiger partial charge < -0.3 is 15.4 Å². The number of nitrogens with two attached hydrogens (primary N) is 1. The van der Waals surface area contributed by atoms with Crippen LogP contribution in [0.4, 0.5) is 11.9 Å². The van der Waals surface area contributed by atoms with Crippen molar-refractivity contribution in [3.05, 3.63) is 0 Å². The van der Waals surface area contributed by atoms with E-state index in [1.165, 1.54) is 12.8 Å². The number of hydrogen-bond donors (Lipinski definition) is 1. The molecule has 0 spiro atoms. The molecule has 0 radical (unpaired) electrons. The molecule has 1 aliphatic heterocycles. The third-order valence-electron chi connectivity index (χ3n) is 3.62. The molecule has 2 N–H and O–H groups in total. The Morgan fingerprint density at radius 1 is 1.10 bits per heavy atom. The van der Waals surface area contributed by atoms with Crippen molar-refractivity contribution >= 4 is 11.9 Å². The average Bonchev–Trinajstić information content (AvgIpc) is 3.21. The Labute approximate surface area is 119 Å². The van der Waals surface area contributed by atoms with Crippen LogP contribution in [0, 0.1) is 0 Å². The van der Waals surface area contributed by atoms with E-state index in [0.29, 0.717) is 12.0 Å². The summed E-state index contributed by atoms with van der Waals surface area (Å²) in [4.78, 5) is 17.3. The molecule has 1 aromatic rings. The SMILES string of the molecule is CC(C)Oc1nc(N)nc(N2CCN(C3CC3)CC2)n1. The van der Waals surface area contributed by atoms with E-state index in [0.717, 1.165) is 32.2 Å². The predicted octanol–water partition coefficient (Wildman–Crippen LogP) is 0.525. The number of nitrogen functional groups attached to an aromatic ring is 1. The second kappa shape index (κ2) is 5.40. The molecule has 7 nitrogen and oxygen atoms in total. The zero-order valence-electron chi connectivity index (χ0n) is 12.1. The third-order valence-corrected chi connectivity index (χ3v) is 3.62. The number of ether oxygens (including phenoxy) is 1. The van der Waals surface area contributed by atoms with Crippen LogP contribution >= 0.6 is 0 Å². The van der Waals surface area contributed by atoms with Gasteiger partial charge in [0, 0.05) is 32.2 Å². The molecule has 3 rings (SSSR count). The molecular weight excluding hydrogens is 256 g/mol. The van der Waals surface area contributed by atoms with Gasteiger partial charge in [-0.15, -0.1) is 0 Å². The fraction of sp³-hybridized carbons (Fsp3) is 0.769. The molecule has 0 aromatic carbocycles. The lowest BCUT2D eigenvalue weighted by Crippen LogP contribution is -2.47. The average molecular weight is 278 g/mol. The first-order valence-electron chi connectivity index (χ1n) is 7.29. The minimum atomic E-state index is 0.0244. The summed E-state index contributed by atoms with van der Waals surface area (Å²) in [7, 11) is 0. The van der Waals surface area contributed by atoms with Crippen LogP contribution in [0.15, 0.2) is 0 Å². The predicted molar refractivity (Wildman–Crippen MR) is 76.8 cm³/mol. The molecule has 2 fully saturated rings. The molecule has 2 aliphatic rings. The number of anilines is 2. The van der Waals surface area contributed by atoms with Gasteiger partial charge in [0.05, 0.1) is 6.10 Å². The molecule has 0 bridgehead atoms. The van der Waals surface area contributed by atoms with Gasteiger partial charge >= 0.3 is 6.01 Å². The van der Waals surface area contributed by atoms with Crippen LogP contribution in [-0.2, 0) is 0 Å². The Bertz CT molecular complexity index is 468. The zero-order valence-corrected chi connectivity index (χ0v) is 12.1. The standard InChI is InChI=1S/C13H22N6O/c1-9(2)20-13-16-11(14)15-12(17-13)19-7-5-18(6-8-19)10-3-4-10/h9-10H,3-8H2,1-2H3,(H2,14,15,16,17). The van der Waals surface area contributed by atoms with Crippen molar-refractivity contribution < 1.29 is 4.74 Å². The van der Waals surface area contributed by atoms with Gasteiger partial charge in [-0.3, -0.25) is 4.90 Å². The van der Waals surface area contributed by atoms with Gasteiger partial charge in [-0.05, 0) is 26.7 Å². The van der Waals surface area contributed by atoms with E-state index in [4.69, 9.17) is 10.5 Å². The highest BCUT2D eigenvalue weighted by Gasteiger charge is 2.31. The van der Waals surface area contributed by atoms with E-state index in [9.17, 15) is 0 Å². The number of aromatic nitrogens is 3. The quantitative estimate of drug-likeness (QED) is 0.860. The summed E-state index contributed by atoms with van der Waals surface area (Å²) in [5.41, 5.74) is 5.75. The minimum absolute atomic E-state index is 0.0244. The fourth-order valence-corrected chi connectivity index (χ4v) is 2.49. The van der Waals surface area contributed by atoms with Crippen LogP contribution in [0.3, 0.4) is 0 Å². The molecule has 20 heavy (non-hydrogen) atoms. The first-order chi connectivity index (χ1) is 9.61. The molecule has 1 aliphatic carbocycles. The molecule has 1 aromatic heterocycles. The van der Waals surface area contributed by atoms with Crippen LogP contribution in [0.25, 0.3) is 0 Å². The second-order valence-electron chi connectivity index (χ2n) is 5.70. The maximum atomic E-state index is 5.75. The maximum absolute atomic E-state index is 5.75. The molecule has 1 saturated carbocycles. The summed E-state index contributed by atoms with van der Waals surface area (Å²) >= 11 is 0. The molecule has 110 valence electrons. The summed E-state index contributed by atoms with van der Waals surface area (Å²) in [6.45, 7) is 7.87. The highest BCUT2D eigenvalue weighted by Crippen LogP contribution is 2.28.